The molecule has 35 heavy (non-hydrogen) atoms. The lowest BCUT2D eigenvalue weighted by Crippen LogP contribution is -2.63. The van der Waals surface area contributed by atoms with Crippen molar-refractivity contribution in [3.8, 4) is 0 Å². The lowest BCUT2D eigenvalue weighted by atomic mass is 9.89. The van der Waals surface area contributed by atoms with Gasteiger partial charge in [0.25, 0.3) is 11.8 Å². The molecule has 2 fully saturated rings. The molecule has 2 amide bonds. The van der Waals surface area contributed by atoms with Crippen molar-refractivity contribution in [1.82, 2.24) is 14.7 Å². The van der Waals surface area contributed by atoms with Gasteiger partial charge in [0, 0.05) is 52.0 Å². The summed E-state index contributed by atoms with van der Waals surface area (Å²) < 4.78 is 40.6. The van der Waals surface area contributed by atoms with Crippen LogP contribution in [0.15, 0.2) is 18.2 Å². The number of likely N-dealkylation sites (tertiary alicyclic amines) is 2. The molecule has 7 nitrogen and oxygen atoms in total. The highest BCUT2D eigenvalue weighted by atomic mass is 35.5. The largest absolute Gasteiger partial charge is 0.426 e. The number of aliphatic hydroxyl groups is 1. The molecule has 1 aromatic rings. The molecule has 2 heterocycles. The third kappa shape index (κ3) is 6.03. The first kappa shape index (κ1) is 27.5. The number of anilines is 1. The summed E-state index contributed by atoms with van der Waals surface area (Å²) in [5.41, 5.74) is -2.09. The van der Waals surface area contributed by atoms with Crippen LogP contribution in [0.3, 0.4) is 0 Å². The highest BCUT2D eigenvalue weighted by Gasteiger charge is 2.60. The van der Waals surface area contributed by atoms with Crippen LogP contribution in [0.4, 0.5) is 18.9 Å². The molecule has 1 atom stereocenters. The number of nitrogens with zero attached hydrogens (tertiary/aromatic N) is 3. The molecule has 2 aliphatic rings. The average Bonchev–Trinajstić information content (AvgIpc) is 2.74. The molecule has 11 heteroatoms. The number of benzene rings is 1. The predicted octanol–water partition coefficient (Wildman–Crippen LogP) is 3.47. The minimum atomic E-state index is -5.01. The van der Waals surface area contributed by atoms with E-state index in [1.807, 2.05) is 6.07 Å². The predicted molar refractivity (Wildman–Crippen MR) is 129 cm³/mol. The fraction of sp³-hybridized carbons (Fsp3) is 0.667. The van der Waals surface area contributed by atoms with E-state index in [4.69, 9.17) is 11.6 Å². The van der Waals surface area contributed by atoms with Gasteiger partial charge in [-0.2, -0.15) is 13.2 Å². The minimum absolute atomic E-state index is 0.168. The molecule has 2 aliphatic heterocycles. The van der Waals surface area contributed by atoms with Crippen LogP contribution in [-0.2, 0) is 4.79 Å². The molecule has 3 rings (SSSR count). The van der Waals surface area contributed by atoms with E-state index < -0.39 is 30.0 Å². The van der Waals surface area contributed by atoms with E-state index in [1.165, 1.54) is 4.90 Å². The molecule has 0 bridgehead atoms. The van der Waals surface area contributed by atoms with Crippen molar-refractivity contribution in [3.63, 3.8) is 0 Å². The smallest absolute Gasteiger partial charge is 0.380 e. The Hall–Kier alpha value is -2.04. The molecule has 0 saturated carbocycles. The molecular formula is C24H34ClF3N4O3. The van der Waals surface area contributed by atoms with E-state index in [-0.39, 0.29) is 31.1 Å². The van der Waals surface area contributed by atoms with Gasteiger partial charge in [0.05, 0.1) is 16.6 Å². The number of piperidine rings is 1. The Bertz CT molecular complexity index is 929. The number of amides is 2. The molecule has 0 aliphatic carbocycles. The summed E-state index contributed by atoms with van der Waals surface area (Å²) >= 11 is 6.27. The maximum Gasteiger partial charge on any atom is 0.426 e. The topological polar surface area (TPSA) is 76.1 Å². The lowest BCUT2D eigenvalue weighted by Gasteiger charge is -2.48. The fourth-order valence-corrected chi connectivity index (χ4v) is 5.03. The summed E-state index contributed by atoms with van der Waals surface area (Å²) in [6, 6.07) is 5.59. The van der Waals surface area contributed by atoms with Crippen LogP contribution in [0.1, 0.15) is 43.5 Å². The maximum atomic E-state index is 13.5. The standard InChI is InChI=1S/C24H34ClF3N4O3/c1-15(2)12-23(35,24(26,27)28)22(34)31-9-7-18(8-10-31)32-13-17(14-32)29-16-5-6-19(20(25)11-16)21(33)30(3)4/h5-6,11,15,17-18,29,35H,7-10,12-14H2,1-4H3. The molecule has 196 valence electrons. The van der Waals surface area contributed by atoms with Crippen LogP contribution in [0, 0.1) is 5.92 Å². The third-order valence-corrected chi connectivity index (χ3v) is 6.99. The molecule has 0 spiro atoms. The van der Waals surface area contributed by atoms with Crippen LogP contribution in [-0.4, -0.2) is 95.8 Å². The Kier molecular flexibility index (Phi) is 8.28. The minimum Gasteiger partial charge on any atom is -0.380 e. The number of hydrogen-bond acceptors (Lipinski definition) is 5. The summed E-state index contributed by atoms with van der Waals surface area (Å²) in [6.45, 7) is 4.99. The molecule has 0 aromatic heterocycles. The van der Waals surface area contributed by atoms with E-state index in [9.17, 15) is 27.9 Å². The third-order valence-electron chi connectivity index (χ3n) is 6.68. The number of rotatable bonds is 7. The zero-order valence-corrected chi connectivity index (χ0v) is 21.3. The number of carbonyl (C=O) groups is 2. The van der Waals surface area contributed by atoms with Crippen molar-refractivity contribution in [3.05, 3.63) is 28.8 Å². The van der Waals surface area contributed by atoms with Crippen LogP contribution in [0.25, 0.3) is 0 Å². The SMILES string of the molecule is CC(C)CC(O)(C(=O)N1CCC(N2CC(Nc3ccc(C(=O)N(C)C)c(Cl)c3)C2)CC1)C(F)(F)F. The number of nitrogens with one attached hydrogen (secondary N) is 1. The first-order valence-electron chi connectivity index (χ1n) is 11.8. The van der Waals surface area contributed by atoms with Crippen LogP contribution < -0.4 is 5.32 Å². The molecular weight excluding hydrogens is 485 g/mol. The summed E-state index contributed by atoms with van der Waals surface area (Å²) in [7, 11) is 3.33. The Balaban J connectivity index is 1.50. The monoisotopic (exact) mass is 518 g/mol. The number of alkyl halides is 3. The van der Waals surface area contributed by atoms with Gasteiger partial charge in [-0.1, -0.05) is 25.4 Å². The van der Waals surface area contributed by atoms with Gasteiger partial charge in [-0.25, -0.2) is 0 Å². The highest BCUT2D eigenvalue weighted by molar-refractivity contribution is 6.34. The van der Waals surface area contributed by atoms with Gasteiger partial charge < -0.3 is 20.2 Å². The second kappa shape index (κ2) is 10.5. The van der Waals surface area contributed by atoms with Crippen LogP contribution in [0.2, 0.25) is 5.02 Å². The molecule has 0 radical (unpaired) electrons. The second-order valence-corrected chi connectivity index (χ2v) is 10.6. The quantitative estimate of drug-likeness (QED) is 0.578. The Morgan fingerprint density at radius 3 is 2.29 bits per heavy atom. The van der Waals surface area contributed by atoms with Crippen molar-refractivity contribution in [2.24, 2.45) is 5.92 Å². The van der Waals surface area contributed by atoms with Gasteiger partial charge in [0.1, 0.15) is 0 Å². The van der Waals surface area contributed by atoms with Crippen molar-refractivity contribution in [1.29, 1.82) is 0 Å². The molecule has 1 aromatic carbocycles. The van der Waals surface area contributed by atoms with Gasteiger partial charge >= 0.3 is 6.18 Å². The first-order chi connectivity index (χ1) is 16.2. The summed E-state index contributed by atoms with van der Waals surface area (Å²) in [5, 5.41) is 14.0. The summed E-state index contributed by atoms with van der Waals surface area (Å²) in [6.07, 6.45) is -4.55. The lowest BCUT2D eigenvalue weighted by molar-refractivity contribution is -0.261. The van der Waals surface area contributed by atoms with Gasteiger partial charge in [-0.15, -0.1) is 0 Å². The van der Waals surface area contributed by atoms with Crippen molar-refractivity contribution < 1.29 is 27.9 Å². The zero-order valence-electron chi connectivity index (χ0n) is 20.5. The van der Waals surface area contributed by atoms with Crippen molar-refractivity contribution in [2.75, 3.05) is 45.6 Å². The van der Waals surface area contributed by atoms with Gasteiger partial charge in [-0.3, -0.25) is 14.5 Å². The highest BCUT2D eigenvalue weighted by Crippen LogP contribution is 2.38. The molecule has 2 saturated heterocycles. The molecule has 2 N–H and O–H groups in total. The van der Waals surface area contributed by atoms with E-state index >= 15 is 0 Å². The number of hydrogen-bond donors (Lipinski definition) is 2. The fourth-order valence-electron chi connectivity index (χ4n) is 4.77. The normalized spacial score (nSPS) is 19.9. The van der Waals surface area contributed by atoms with E-state index in [0.717, 1.165) is 23.7 Å². The summed E-state index contributed by atoms with van der Waals surface area (Å²) in [4.78, 5) is 29.6. The first-order valence-corrected chi connectivity index (χ1v) is 12.2. The zero-order chi connectivity index (χ0) is 26.1. The van der Waals surface area contributed by atoms with E-state index in [0.29, 0.717) is 23.4 Å². The van der Waals surface area contributed by atoms with Gasteiger partial charge in [0.15, 0.2) is 0 Å². The molecule has 1 unspecified atom stereocenters. The second-order valence-electron chi connectivity index (χ2n) is 10.2. The Labute approximate surface area is 209 Å². The van der Waals surface area contributed by atoms with E-state index in [1.54, 1.807) is 40.1 Å². The van der Waals surface area contributed by atoms with Gasteiger partial charge in [-0.05, 0) is 43.4 Å². The Morgan fingerprint density at radius 1 is 1.20 bits per heavy atom. The van der Waals surface area contributed by atoms with Crippen LogP contribution in [0.5, 0.6) is 0 Å². The van der Waals surface area contributed by atoms with Crippen molar-refractivity contribution >= 4 is 29.1 Å². The average molecular weight is 519 g/mol. The van der Waals surface area contributed by atoms with Crippen LogP contribution >= 0.6 is 11.6 Å². The summed E-state index contributed by atoms with van der Waals surface area (Å²) in [5.74, 6) is -1.89. The number of halogens is 4. The Morgan fingerprint density at radius 2 is 1.80 bits per heavy atom. The van der Waals surface area contributed by atoms with Gasteiger partial charge in [0.2, 0.25) is 5.60 Å². The van der Waals surface area contributed by atoms with E-state index in [2.05, 4.69) is 10.2 Å². The van der Waals surface area contributed by atoms with Crippen molar-refractivity contribution in [2.45, 2.75) is 57.0 Å². The maximum absolute atomic E-state index is 13.5. The number of carbonyl (C=O) groups excluding carboxylic acids is 2.